The highest BCUT2D eigenvalue weighted by atomic mass is 32.2. The highest BCUT2D eigenvalue weighted by molar-refractivity contribution is 8.06. The van der Waals surface area contributed by atoms with Crippen molar-refractivity contribution in [3.8, 4) is 0 Å². The average Bonchev–Trinajstić information content (AvgIpc) is 2.81. The fourth-order valence-corrected chi connectivity index (χ4v) is 4.60. The second kappa shape index (κ2) is 6.11. The normalized spacial score (nSPS) is 27.0. The van der Waals surface area contributed by atoms with Gasteiger partial charge < -0.3 is 9.84 Å². The third kappa shape index (κ3) is 2.98. The van der Waals surface area contributed by atoms with Crippen LogP contribution in [0.3, 0.4) is 0 Å². The van der Waals surface area contributed by atoms with Crippen molar-refractivity contribution in [3.63, 3.8) is 0 Å². The van der Waals surface area contributed by atoms with E-state index >= 15 is 0 Å². The number of nitrogens with one attached hydrogen (secondary N) is 1. The zero-order chi connectivity index (χ0) is 12.3. The van der Waals surface area contributed by atoms with E-state index in [0.29, 0.717) is 16.4 Å². The van der Waals surface area contributed by atoms with Crippen LogP contribution in [-0.2, 0) is 0 Å². The summed E-state index contributed by atoms with van der Waals surface area (Å²) in [5.41, 5.74) is 0. The molecule has 0 aromatic carbocycles. The van der Waals surface area contributed by atoms with E-state index < -0.39 is 0 Å². The maximum absolute atomic E-state index is 5.36. The predicted octanol–water partition coefficient (Wildman–Crippen LogP) is 2.65. The van der Waals surface area contributed by atoms with Crippen molar-refractivity contribution in [2.75, 3.05) is 18.6 Å². The lowest BCUT2D eigenvalue weighted by Crippen LogP contribution is -2.18. The van der Waals surface area contributed by atoms with Crippen LogP contribution < -0.4 is 5.32 Å². The zero-order valence-electron chi connectivity index (χ0n) is 10.5. The van der Waals surface area contributed by atoms with Gasteiger partial charge in [0.2, 0.25) is 5.89 Å². The van der Waals surface area contributed by atoms with Crippen LogP contribution in [-0.4, -0.2) is 33.9 Å². The van der Waals surface area contributed by atoms with E-state index in [2.05, 4.69) is 29.3 Å². The smallest absolute Gasteiger partial charge is 0.243 e. The van der Waals surface area contributed by atoms with E-state index in [9.17, 15) is 0 Å². The summed E-state index contributed by atoms with van der Waals surface area (Å²) in [5.74, 6) is 3.97. The molecule has 0 saturated carbocycles. The van der Waals surface area contributed by atoms with Crippen LogP contribution in [0.1, 0.15) is 43.3 Å². The van der Waals surface area contributed by atoms with Crippen molar-refractivity contribution in [1.82, 2.24) is 15.5 Å². The molecule has 1 aliphatic heterocycles. The van der Waals surface area contributed by atoms with E-state index in [1.165, 1.54) is 11.5 Å². The van der Waals surface area contributed by atoms with E-state index in [1.807, 2.05) is 30.6 Å². The van der Waals surface area contributed by atoms with Gasteiger partial charge in [-0.2, -0.15) is 16.7 Å². The quantitative estimate of drug-likeness (QED) is 0.910. The minimum Gasteiger partial charge on any atom is -0.338 e. The van der Waals surface area contributed by atoms with Gasteiger partial charge in [0.05, 0.1) is 11.3 Å². The minimum atomic E-state index is 0.174. The van der Waals surface area contributed by atoms with Gasteiger partial charge in [0.15, 0.2) is 5.82 Å². The Balaban J connectivity index is 2.11. The van der Waals surface area contributed by atoms with Gasteiger partial charge in [0.25, 0.3) is 0 Å². The Bertz CT molecular complexity index is 354. The summed E-state index contributed by atoms with van der Waals surface area (Å²) in [6, 6.07) is 0.174. The Hall–Kier alpha value is -0.200. The van der Waals surface area contributed by atoms with Crippen molar-refractivity contribution >= 4 is 23.5 Å². The number of hydrogen-bond acceptors (Lipinski definition) is 6. The highest BCUT2D eigenvalue weighted by Crippen LogP contribution is 2.41. The summed E-state index contributed by atoms with van der Waals surface area (Å²) in [6.07, 6.45) is 0.959. The SMILES string of the molecule is CCC(NC)c1nc(C2SCCSC2C)no1. The minimum absolute atomic E-state index is 0.174. The fourth-order valence-electron chi connectivity index (χ4n) is 1.92. The van der Waals surface area contributed by atoms with Gasteiger partial charge in [-0.05, 0) is 13.5 Å². The molecular formula is C11H19N3OS2. The Labute approximate surface area is 111 Å². The lowest BCUT2D eigenvalue weighted by molar-refractivity contribution is 0.331. The Morgan fingerprint density at radius 3 is 2.88 bits per heavy atom. The fraction of sp³-hybridized carbons (Fsp3) is 0.818. The van der Waals surface area contributed by atoms with Crippen molar-refractivity contribution in [1.29, 1.82) is 0 Å². The van der Waals surface area contributed by atoms with E-state index in [4.69, 9.17) is 4.52 Å². The molecule has 3 atom stereocenters. The topological polar surface area (TPSA) is 51.0 Å². The van der Waals surface area contributed by atoms with Gasteiger partial charge >= 0.3 is 0 Å². The number of aromatic nitrogens is 2. The molecule has 1 saturated heterocycles. The summed E-state index contributed by atoms with van der Waals surface area (Å²) >= 11 is 3.93. The molecule has 6 heteroatoms. The Kier molecular flexibility index (Phi) is 4.76. The first-order chi connectivity index (χ1) is 8.26. The number of hydrogen-bond donors (Lipinski definition) is 1. The standard InChI is InChI=1S/C11H19N3OS2/c1-4-8(12-3)11-13-10(14-15-11)9-7(2)16-5-6-17-9/h7-9,12H,4-6H2,1-3H3. The molecule has 1 aromatic heterocycles. The molecular weight excluding hydrogens is 254 g/mol. The van der Waals surface area contributed by atoms with Crippen LogP contribution in [0, 0.1) is 0 Å². The molecule has 0 bridgehead atoms. The lowest BCUT2D eigenvalue weighted by atomic mass is 10.2. The second-order valence-corrected chi connectivity index (χ2v) is 6.84. The molecule has 0 amide bonds. The highest BCUT2D eigenvalue weighted by Gasteiger charge is 2.29. The van der Waals surface area contributed by atoms with Crippen LogP contribution in [0.15, 0.2) is 4.52 Å². The third-order valence-corrected chi connectivity index (χ3v) is 6.04. The Morgan fingerprint density at radius 2 is 2.24 bits per heavy atom. The molecule has 2 heterocycles. The number of thioether (sulfide) groups is 2. The van der Waals surface area contributed by atoms with Crippen LogP contribution in [0.5, 0.6) is 0 Å². The van der Waals surface area contributed by atoms with E-state index in [1.54, 1.807) is 0 Å². The maximum atomic E-state index is 5.36. The van der Waals surface area contributed by atoms with Crippen molar-refractivity contribution in [2.45, 2.75) is 36.8 Å². The van der Waals surface area contributed by atoms with Crippen molar-refractivity contribution in [3.05, 3.63) is 11.7 Å². The van der Waals surface area contributed by atoms with Crippen LogP contribution >= 0.6 is 23.5 Å². The van der Waals surface area contributed by atoms with E-state index in [-0.39, 0.29) is 6.04 Å². The molecule has 1 N–H and O–H groups in total. The first-order valence-electron chi connectivity index (χ1n) is 6.00. The van der Waals surface area contributed by atoms with Gasteiger partial charge in [-0.1, -0.05) is 19.0 Å². The van der Waals surface area contributed by atoms with Gasteiger partial charge in [0.1, 0.15) is 0 Å². The summed E-state index contributed by atoms with van der Waals surface area (Å²) in [5, 5.41) is 8.27. The first-order valence-corrected chi connectivity index (χ1v) is 8.10. The summed E-state index contributed by atoms with van der Waals surface area (Å²) in [7, 11) is 1.92. The molecule has 0 spiro atoms. The molecule has 2 rings (SSSR count). The largest absolute Gasteiger partial charge is 0.338 e. The zero-order valence-corrected chi connectivity index (χ0v) is 12.1. The van der Waals surface area contributed by atoms with Crippen molar-refractivity contribution < 1.29 is 4.52 Å². The van der Waals surface area contributed by atoms with Gasteiger partial charge in [-0.15, -0.1) is 11.8 Å². The summed E-state index contributed by atoms with van der Waals surface area (Å²) < 4.78 is 5.36. The average molecular weight is 273 g/mol. The molecule has 0 radical (unpaired) electrons. The predicted molar refractivity (Wildman–Crippen MR) is 73.5 cm³/mol. The van der Waals surface area contributed by atoms with E-state index in [0.717, 1.165) is 12.2 Å². The van der Waals surface area contributed by atoms with Gasteiger partial charge in [-0.25, -0.2) is 0 Å². The maximum Gasteiger partial charge on any atom is 0.243 e. The molecule has 4 nitrogen and oxygen atoms in total. The molecule has 1 aromatic rings. The molecule has 0 aliphatic carbocycles. The molecule has 96 valence electrons. The molecule has 3 unspecified atom stereocenters. The first kappa shape index (κ1) is 13.2. The van der Waals surface area contributed by atoms with Gasteiger partial charge in [-0.3, -0.25) is 0 Å². The van der Waals surface area contributed by atoms with Crippen LogP contribution in [0.4, 0.5) is 0 Å². The Morgan fingerprint density at radius 1 is 1.47 bits per heavy atom. The summed E-state index contributed by atoms with van der Waals surface area (Å²) in [6.45, 7) is 4.35. The van der Waals surface area contributed by atoms with Crippen LogP contribution in [0.2, 0.25) is 0 Å². The molecule has 1 fully saturated rings. The lowest BCUT2D eigenvalue weighted by Gasteiger charge is -2.24. The monoisotopic (exact) mass is 273 g/mol. The third-order valence-electron chi connectivity index (χ3n) is 2.95. The number of nitrogens with zero attached hydrogens (tertiary/aromatic N) is 2. The number of rotatable bonds is 4. The molecule has 1 aliphatic rings. The van der Waals surface area contributed by atoms with Crippen LogP contribution in [0.25, 0.3) is 0 Å². The second-order valence-electron chi connectivity index (χ2n) is 4.11. The molecule has 17 heavy (non-hydrogen) atoms. The summed E-state index contributed by atoms with van der Waals surface area (Å²) in [4.78, 5) is 4.55. The van der Waals surface area contributed by atoms with Crippen molar-refractivity contribution in [2.24, 2.45) is 0 Å². The van der Waals surface area contributed by atoms with Gasteiger partial charge in [0, 0.05) is 16.8 Å².